The first kappa shape index (κ1) is 14.2. The molecule has 0 aromatic heterocycles. The minimum Gasteiger partial charge on any atom is -0.492 e. The highest BCUT2D eigenvalue weighted by Gasteiger charge is 2.18. The Labute approximate surface area is 115 Å². The minimum atomic E-state index is 0.304. The molecule has 0 bridgehead atoms. The molecule has 0 aliphatic carbocycles. The number of aliphatic hydroxyl groups excluding tert-OH is 1. The van der Waals surface area contributed by atoms with E-state index in [1.54, 1.807) is 0 Å². The number of benzene rings is 1. The van der Waals surface area contributed by atoms with Crippen molar-refractivity contribution in [2.75, 3.05) is 38.6 Å². The third-order valence-corrected chi connectivity index (χ3v) is 3.67. The van der Waals surface area contributed by atoms with Crippen LogP contribution in [-0.4, -0.2) is 42.9 Å². The first-order valence-electron chi connectivity index (χ1n) is 7.09. The smallest absolute Gasteiger partial charge is 0.121 e. The van der Waals surface area contributed by atoms with E-state index in [-0.39, 0.29) is 0 Å². The Morgan fingerprint density at radius 2 is 2.32 bits per heavy atom. The maximum atomic E-state index is 9.00. The van der Waals surface area contributed by atoms with Crippen LogP contribution in [0.15, 0.2) is 24.3 Å². The third kappa shape index (κ3) is 4.73. The molecule has 0 saturated carbocycles. The lowest BCUT2D eigenvalue weighted by atomic mass is 9.95. The SMILES string of the molecule is Nc1cccc(OCCN2CCCC(CCO)C2)c1. The van der Waals surface area contributed by atoms with Gasteiger partial charge in [0.15, 0.2) is 0 Å². The molecular formula is C15H24N2O2. The van der Waals surface area contributed by atoms with Crippen LogP contribution in [0.1, 0.15) is 19.3 Å². The van der Waals surface area contributed by atoms with Crippen molar-refractivity contribution in [3.05, 3.63) is 24.3 Å². The average molecular weight is 264 g/mol. The van der Waals surface area contributed by atoms with Gasteiger partial charge in [-0.15, -0.1) is 0 Å². The molecule has 1 aliphatic heterocycles. The summed E-state index contributed by atoms with van der Waals surface area (Å²) in [7, 11) is 0. The molecule has 1 heterocycles. The number of hydrogen-bond acceptors (Lipinski definition) is 4. The largest absolute Gasteiger partial charge is 0.492 e. The van der Waals surface area contributed by atoms with Crippen LogP contribution < -0.4 is 10.5 Å². The Morgan fingerprint density at radius 3 is 3.11 bits per heavy atom. The number of hydrogen-bond donors (Lipinski definition) is 2. The molecule has 2 rings (SSSR count). The van der Waals surface area contributed by atoms with Gasteiger partial charge in [-0.05, 0) is 43.9 Å². The Hall–Kier alpha value is -1.26. The van der Waals surface area contributed by atoms with Crippen LogP contribution in [0.25, 0.3) is 0 Å². The van der Waals surface area contributed by atoms with E-state index in [4.69, 9.17) is 15.6 Å². The number of aliphatic hydroxyl groups is 1. The second kappa shape index (κ2) is 7.36. The molecular weight excluding hydrogens is 240 g/mol. The molecule has 4 heteroatoms. The van der Waals surface area contributed by atoms with Crippen LogP contribution >= 0.6 is 0 Å². The van der Waals surface area contributed by atoms with Crippen LogP contribution in [0.4, 0.5) is 5.69 Å². The topological polar surface area (TPSA) is 58.7 Å². The Morgan fingerprint density at radius 1 is 1.42 bits per heavy atom. The number of piperidine rings is 1. The van der Waals surface area contributed by atoms with Gasteiger partial charge in [-0.1, -0.05) is 6.07 Å². The van der Waals surface area contributed by atoms with Gasteiger partial charge >= 0.3 is 0 Å². The van der Waals surface area contributed by atoms with E-state index in [9.17, 15) is 0 Å². The molecule has 0 amide bonds. The monoisotopic (exact) mass is 264 g/mol. The van der Waals surface area contributed by atoms with E-state index in [2.05, 4.69) is 4.90 Å². The standard InChI is InChI=1S/C15H24N2O2/c16-14-4-1-5-15(11-14)19-10-8-17-7-2-3-13(12-17)6-9-18/h1,4-5,11,13,18H,2-3,6-10,12,16H2. The molecule has 19 heavy (non-hydrogen) atoms. The quantitative estimate of drug-likeness (QED) is 0.768. The maximum absolute atomic E-state index is 9.00. The van der Waals surface area contributed by atoms with Gasteiger partial charge in [0.2, 0.25) is 0 Å². The van der Waals surface area contributed by atoms with Gasteiger partial charge in [0.1, 0.15) is 12.4 Å². The van der Waals surface area contributed by atoms with Crippen molar-refractivity contribution in [2.24, 2.45) is 5.92 Å². The summed E-state index contributed by atoms with van der Waals surface area (Å²) in [5, 5.41) is 9.00. The maximum Gasteiger partial charge on any atom is 0.121 e. The highest BCUT2D eigenvalue weighted by Crippen LogP contribution is 2.19. The molecule has 3 N–H and O–H groups in total. The van der Waals surface area contributed by atoms with Crippen LogP contribution in [0.2, 0.25) is 0 Å². The van der Waals surface area contributed by atoms with E-state index in [1.807, 2.05) is 24.3 Å². The van der Waals surface area contributed by atoms with Gasteiger partial charge in [0.25, 0.3) is 0 Å². The Balaban J connectivity index is 1.70. The summed E-state index contributed by atoms with van der Waals surface area (Å²) in [5.41, 5.74) is 6.45. The summed E-state index contributed by atoms with van der Waals surface area (Å²) in [4.78, 5) is 2.43. The molecule has 1 unspecified atom stereocenters. The van der Waals surface area contributed by atoms with Crippen LogP contribution in [0, 0.1) is 5.92 Å². The summed E-state index contributed by atoms with van der Waals surface area (Å²) in [6.07, 6.45) is 3.39. The van der Waals surface area contributed by atoms with Crippen molar-refractivity contribution in [3.8, 4) is 5.75 Å². The fraction of sp³-hybridized carbons (Fsp3) is 0.600. The number of nitrogens with two attached hydrogens (primary N) is 1. The molecule has 1 atom stereocenters. The second-order valence-corrected chi connectivity index (χ2v) is 5.24. The number of ether oxygens (including phenoxy) is 1. The zero-order chi connectivity index (χ0) is 13.5. The molecule has 1 saturated heterocycles. The molecule has 106 valence electrons. The van der Waals surface area contributed by atoms with Crippen molar-refractivity contribution >= 4 is 5.69 Å². The summed E-state index contributed by atoms with van der Waals surface area (Å²) in [6.45, 7) is 4.16. The number of nitrogens with zero attached hydrogens (tertiary/aromatic N) is 1. The van der Waals surface area contributed by atoms with Crippen molar-refractivity contribution in [3.63, 3.8) is 0 Å². The summed E-state index contributed by atoms with van der Waals surface area (Å²) in [6, 6.07) is 7.55. The van der Waals surface area contributed by atoms with E-state index < -0.39 is 0 Å². The Kier molecular flexibility index (Phi) is 5.48. The molecule has 1 aromatic rings. The highest BCUT2D eigenvalue weighted by molar-refractivity contribution is 5.43. The molecule has 4 nitrogen and oxygen atoms in total. The van der Waals surface area contributed by atoms with Gasteiger partial charge in [-0.25, -0.2) is 0 Å². The predicted molar refractivity (Wildman–Crippen MR) is 77.2 cm³/mol. The Bertz CT molecular complexity index is 382. The summed E-state index contributed by atoms with van der Waals surface area (Å²) in [5.74, 6) is 1.48. The van der Waals surface area contributed by atoms with Crippen molar-refractivity contribution in [2.45, 2.75) is 19.3 Å². The lowest BCUT2D eigenvalue weighted by Crippen LogP contribution is -2.38. The first-order valence-corrected chi connectivity index (χ1v) is 7.09. The lowest BCUT2D eigenvalue weighted by Gasteiger charge is -2.32. The first-order chi connectivity index (χ1) is 9.28. The van der Waals surface area contributed by atoms with Gasteiger partial charge in [0, 0.05) is 31.5 Å². The predicted octanol–water partition coefficient (Wildman–Crippen LogP) is 1.74. The molecule has 1 aromatic carbocycles. The van der Waals surface area contributed by atoms with Crippen LogP contribution in [0.5, 0.6) is 5.75 Å². The number of nitrogen functional groups attached to an aromatic ring is 1. The van der Waals surface area contributed by atoms with Gasteiger partial charge in [-0.2, -0.15) is 0 Å². The highest BCUT2D eigenvalue weighted by atomic mass is 16.5. The lowest BCUT2D eigenvalue weighted by molar-refractivity contribution is 0.129. The minimum absolute atomic E-state index is 0.304. The van der Waals surface area contributed by atoms with Gasteiger partial charge in [0.05, 0.1) is 0 Å². The molecule has 0 spiro atoms. The third-order valence-electron chi connectivity index (χ3n) is 3.67. The van der Waals surface area contributed by atoms with Crippen LogP contribution in [-0.2, 0) is 0 Å². The van der Waals surface area contributed by atoms with Gasteiger partial charge in [-0.3, -0.25) is 4.90 Å². The summed E-state index contributed by atoms with van der Waals surface area (Å²) < 4.78 is 5.71. The number of rotatable bonds is 6. The van der Waals surface area contributed by atoms with E-state index in [0.717, 1.165) is 37.5 Å². The molecule has 1 aliphatic rings. The fourth-order valence-corrected chi connectivity index (χ4v) is 2.67. The van der Waals surface area contributed by atoms with E-state index in [0.29, 0.717) is 19.1 Å². The molecule has 1 fully saturated rings. The van der Waals surface area contributed by atoms with Gasteiger partial charge < -0.3 is 15.6 Å². The van der Waals surface area contributed by atoms with Crippen molar-refractivity contribution < 1.29 is 9.84 Å². The summed E-state index contributed by atoms with van der Waals surface area (Å²) >= 11 is 0. The zero-order valence-corrected chi connectivity index (χ0v) is 11.4. The van der Waals surface area contributed by atoms with Crippen molar-refractivity contribution in [1.82, 2.24) is 4.90 Å². The normalized spacial score (nSPS) is 20.4. The fourth-order valence-electron chi connectivity index (χ4n) is 2.67. The number of anilines is 1. The second-order valence-electron chi connectivity index (χ2n) is 5.24. The average Bonchev–Trinajstić information content (AvgIpc) is 2.40. The van der Waals surface area contributed by atoms with Crippen molar-refractivity contribution in [1.29, 1.82) is 0 Å². The van der Waals surface area contributed by atoms with E-state index >= 15 is 0 Å². The molecule has 0 radical (unpaired) electrons. The number of likely N-dealkylation sites (tertiary alicyclic amines) is 1. The van der Waals surface area contributed by atoms with E-state index in [1.165, 1.54) is 12.8 Å². The zero-order valence-electron chi connectivity index (χ0n) is 11.4. The van der Waals surface area contributed by atoms with Crippen LogP contribution in [0.3, 0.4) is 0 Å².